The Bertz CT molecular complexity index is 175. The number of hydrogen-bond acceptors (Lipinski definition) is 2. The molecule has 1 spiro atoms. The molecule has 2 nitrogen and oxygen atoms in total. The van der Waals surface area contributed by atoms with E-state index in [-0.39, 0.29) is 11.7 Å². The quantitative estimate of drug-likeness (QED) is 0.712. The molecule has 0 aromatic carbocycles. The Labute approximate surface area is 80.3 Å². The molecule has 1 N–H and O–H groups in total. The van der Waals surface area contributed by atoms with Crippen molar-refractivity contribution in [3.63, 3.8) is 0 Å². The summed E-state index contributed by atoms with van der Waals surface area (Å²) in [6.45, 7) is 2.93. The van der Waals surface area contributed by atoms with Gasteiger partial charge >= 0.3 is 0 Å². The highest BCUT2D eigenvalue weighted by Gasteiger charge is 2.43. The van der Waals surface area contributed by atoms with E-state index in [1.165, 1.54) is 19.3 Å². The molecule has 2 atom stereocenters. The molecular weight excluding hydrogens is 164 g/mol. The first-order valence-corrected chi connectivity index (χ1v) is 5.58. The first kappa shape index (κ1) is 9.47. The van der Waals surface area contributed by atoms with E-state index >= 15 is 0 Å². The zero-order valence-corrected chi connectivity index (χ0v) is 8.46. The lowest BCUT2D eigenvalue weighted by Gasteiger charge is -2.48. The van der Waals surface area contributed by atoms with E-state index in [0.29, 0.717) is 5.92 Å². The van der Waals surface area contributed by atoms with Crippen molar-refractivity contribution in [2.24, 2.45) is 5.92 Å². The minimum atomic E-state index is -0.0959. The zero-order valence-electron chi connectivity index (χ0n) is 8.46. The highest BCUT2D eigenvalue weighted by atomic mass is 16.5. The van der Waals surface area contributed by atoms with E-state index in [4.69, 9.17) is 4.74 Å². The van der Waals surface area contributed by atoms with E-state index in [2.05, 4.69) is 6.92 Å². The fraction of sp³-hybridized carbons (Fsp3) is 1.00. The molecule has 1 aliphatic carbocycles. The molecular formula is C11H20O2. The van der Waals surface area contributed by atoms with Crippen LogP contribution in [0.4, 0.5) is 0 Å². The van der Waals surface area contributed by atoms with Gasteiger partial charge in [-0.3, -0.25) is 0 Å². The Morgan fingerprint density at radius 2 is 2.31 bits per heavy atom. The van der Waals surface area contributed by atoms with Crippen LogP contribution in [-0.2, 0) is 4.74 Å². The van der Waals surface area contributed by atoms with Crippen molar-refractivity contribution in [1.29, 1.82) is 0 Å². The molecule has 1 saturated heterocycles. The van der Waals surface area contributed by atoms with Crippen LogP contribution in [0.25, 0.3) is 0 Å². The van der Waals surface area contributed by atoms with Gasteiger partial charge in [0.25, 0.3) is 0 Å². The maximum atomic E-state index is 9.78. The van der Waals surface area contributed by atoms with Crippen molar-refractivity contribution in [2.75, 3.05) is 6.61 Å². The average Bonchev–Trinajstić information content (AvgIpc) is 2.14. The summed E-state index contributed by atoms with van der Waals surface area (Å²) >= 11 is 0. The summed E-state index contributed by atoms with van der Waals surface area (Å²) in [5.41, 5.74) is 0.194. The predicted molar refractivity (Wildman–Crippen MR) is 51.6 cm³/mol. The third-order valence-corrected chi connectivity index (χ3v) is 3.76. The van der Waals surface area contributed by atoms with Gasteiger partial charge in [0.15, 0.2) is 0 Å². The fourth-order valence-electron chi connectivity index (χ4n) is 2.65. The van der Waals surface area contributed by atoms with Gasteiger partial charge in [-0.05, 0) is 44.4 Å². The molecule has 0 amide bonds. The van der Waals surface area contributed by atoms with E-state index in [9.17, 15) is 5.11 Å². The van der Waals surface area contributed by atoms with E-state index in [0.717, 1.165) is 25.9 Å². The Morgan fingerprint density at radius 1 is 1.54 bits per heavy atom. The summed E-state index contributed by atoms with van der Waals surface area (Å²) in [6, 6.07) is 0. The molecule has 0 radical (unpaired) electrons. The van der Waals surface area contributed by atoms with E-state index < -0.39 is 0 Å². The van der Waals surface area contributed by atoms with Crippen LogP contribution in [0, 0.1) is 5.92 Å². The second-order valence-electron chi connectivity index (χ2n) is 4.61. The van der Waals surface area contributed by atoms with E-state index in [1.54, 1.807) is 0 Å². The zero-order chi connectivity index (χ0) is 9.31. The third-order valence-electron chi connectivity index (χ3n) is 3.76. The third kappa shape index (κ3) is 1.75. The van der Waals surface area contributed by atoms with Crippen LogP contribution in [-0.4, -0.2) is 23.4 Å². The van der Waals surface area contributed by atoms with Gasteiger partial charge in [0.05, 0.1) is 11.7 Å². The molecule has 0 bridgehead atoms. The van der Waals surface area contributed by atoms with Crippen LogP contribution >= 0.6 is 0 Å². The van der Waals surface area contributed by atoms with Gasteiger partial charge in [-0.15, -0.1) is 0 Å². The van der Waals surface area contributed by atoms with Crippen molar-refractivity contribution < 1.29 is 9.84 Å². The first-order chi connectivity index (χ1) is 6.26. The predicted octanol–water partition coefficient (Wildman–Crippen LogP) is 2.11. The number of ether oxygens (including phenoxy) is 1. The van der Waals surface area contributed by atoms with Crippen molar-refractivity contribution in [2.45, 2.75) is 57.2 Å². The molecule has 2 fully saturated rings. The van der Waals surface area contributed by atoms with Crippen molar-refractivity contribution in [1.82, 2.24) is 0 Å². The lowest BCUT2D eigenvalue weighted by atomic mass is 9.70. The summed E-state index contributed by atoms with van der Waals surface area (Å²) in [4.78, 5) is 0. The molecule has 0 aromatic heterocycles. The van der Waals surface area contributed by atoms with Crippen LogP contribution in [0.2, 0.25) is 0 Å². The van der Waals surface area contributed by atoms with Crippen molar-refractivity contribution in [3.8, 4) is 0 Å². The van der Waals surface area contributed by atoms with Crippen LogP contribution in [0.3, 0.4) is 0 Å². The second-order valence-corrected chi connectivity index (χ2v) is 4.61. The standard InChI is InChI=1S/C11H20O2/c1-2-10(12)9-4-7-13-11(8-9)5-3-6-11/h9-10,12H,2-8H2,1H3. The molecule has 1 heterocycles. The average molecular weight is 184 g/mol. The smallest absolute Gasteiger partial charge is 0.0686 e. The number of aliphatic hydroxyl groups is 1. The molecule has 2 unspecified atom stereocenters. The molecule has 1 aliphatic heterocycles. The lowest BCUT2D eigenvalue weighted by Crippen LogP contribution is -2.47. The minimum Gasteiger partial charge on any atom is -0.393 e. The number of aliphatic hydroxyl groups excluding tert-OH is 1. The molecule has 76 valence electrons. The van der Waals surface area contributed by atoms with Gasteiger partial charge in [-0.25, -0.2) is 0 Å². The maximum absolute atomic E-state index is 9.78. The Morgan fingerprint density at radius 3 is 2.85 bits per heavy atom. The fourth-order valence-corrected chi connectivity index (χ4v) is 2.65. The maximum Gasteiger partial charge on any atom is 0.0686 e. The Hall–Kier alpha value is -0.0800. The van der Waals surface area contributed by atoms with E-state index in [1.807, 2.05) is 0 Å². The normalized spacial score (nSPS) is 34.2. The summed E-state index contributed by atoms with van der Waals surface area (Å²) < 4.78 is 5.82. The van der Waals surface area contributed by atoms with Crippen molar-refractivity contribution >= 4 is 0 Å². The summed E-state index contributed by atoms with van der Waals surface area (Å²) in [5.74, 6) is 0.499. The SMILES string of the molecule is CCC(O)C1CCOC2(CCC2)C1. The van der Waals surface area contributed by atoms with Gasteiger partial charge in [-0.1, -0.05) is 6.92 Å². The summed E-state index contributed by atoms with van der Waals surface area (Å²) in [7, 11) is 0. The van der Waals surface area contributed by atoms with Gasteiger partial charge in [0.1, 0.15) is 0 Å². The Kier molecular flexibility index (Phi) is 2.61. The van der Waals surface area contributed by atoms with Crippen LogP contribution in [0.5, 0.6) is 0 Å². The second kappa shape index (κ2) is 3.58. The summed E-state index contributed by atoms with van der Waals surface area (Å²) in [6.07, 6.45) is 6.70. The molecule has 1 saturated carbocycles. The molecule has 2 aliphatic rings. The largest absolute Gasteiger partial charge is 0.393 e. The van der Waals surface area contributed by atoms with Gasteiger partial charge < -0.3 is 9.84 Å². The number of hydrogen-bond donors (Lipinski definition) is 1. The highest BCUT2D eigenvalue weighted by molar-refractivity contribution is 4.95. The monoisotopic (exact) mass is 184 g/mol. The first-order valence-electron chi connectivity index (χ1n) is 5.58. The van der Waals surface area contributed by atoms with Crippen LogP contribution in [0.1, 0.15) is 45.4 Å². The minimum absolute atomic E-state index is 0.0959. The molecule has 0 aromatic rings. The van der Waals surface area contributed by atoms with Gasteiger partial charge in [0.2, 0.25) is 0 Å². The highest BCUT2D eigenvalue weighted by Crippen LogP contribution is 2.45. The summed E-state index contributed by atoms with van der Waals surface area (Å²) in [5, 5.41) is 9.78. The topological polar surface area (TPSA) is 29.5 Å². The van der Waals surface area contributed by atoms with Gasteiger partial charge in [-0.2, -0.15) is 0 Å². The molecule has 2 heteroatoms. The van der Waals surface area contributed by atoms with Crippen LogP contribution in [0.15, 0.2) is 0 Å². The molecule has 13 heavy (non-hydrogen) atoms. The van der Waals surface area contributed by atoms with Crippen LogP contribution < -0.4 is 0 Å². The van der Waals surface area contributed by atoms with Crippen molar-refractivity contribution in [3.05, 3.63) is 0 Å². The molecule has 2 rings (SSSR count). The van der Waals surface area contributed by atoms with Gasteiger partial charge in [0, 0.05) is 6.61 Å². The number of rotatable bonds is 2. The Balaban J connectivity index is 1.92. The lowest BCUT2D eigenvalue weighted by molar-refractivity contribution is -0.156.